The van der Waals surface area contributed by atoms with Crippen molar-refractivity contribution >= 4 is 21.7 Å². The van der Waals surface area contributed by atoms with E-state index < -0.39 is 0 Å². The molecule has 0 N–H and O–H groups in total. The van der Waals surface area contributed by atoms with E-state index in [0.29, 0.717) is 12.8 Å². The van der Waals surface area contributed by atoms with Gasteiger partial charge >= 0.3 is 0 Å². The summed E-state index contributed by atoms with van der Waals surface area (Å²) in [5, 5.41) is 12.3. The molecule has 0 unspecified atom stereocenters. The van der Waals surface area contributed by atoms with Crippen molar-refractivity contribution in [3.63, 3.8) is 0 Å². The van der Waals surface area contributed by atoms with Crippen LogP contribution in [0, 0.1) is 11.3 Å². The second-order valence-electron chi connectivity index (χ2n) is 4.28. The molecule has 1 heterocycles. The summed E-state index contributed by atoms with van der Waals surface area (Å²) in [6.07, 6.45) is 1.22. The van der Waals surface area contributed by atoms with E-state index in [9.17, 15) is 0 Å². The fraction of sp³-hybridized carbons (Fsp3) is 0.125. The Labute approximate surface area is 106 Å². The van der Waals surface area contributed by atoms with Gasteiger partial charge in [-0.15, -0.1) is 0 Å². The van der Waals surface area contributed by atoms with Gasteiger partial charge in [0.2, 0.25) is 0 Å². The molecule has 0 spiro atoms. The van der Waals surface area contributed by atoms with E-state index in [0.717, 1.165) is 16.6 Å². The van der Waals surface area contributed by atoms with Gasteiger partial charge in [-0.1, -0.05) is 42.5 Å². The smallest absolute Gasteiger partial charge is 0.0711 e. The molecule has 0 fully saturated rings. The molecule has 18 heavy (non-hydrogen) atoms. The van der Waals surface area contributed by atoms with Crippen molar-refractivity contribution in [2.24, 2.45) is 0 Å². The largest absolute Gasteiger partial charge is 0.252 e. The second-order valence-corrected chi connectivity index (χ2v) is 4.28. The van der Waals surface area contributed by atoms with Crippen LogP contribution in [-0.2, 0) is 6.42 Å². The van der Waals surface area contributed by atoms with E-state index in [2.05, 4.69) is 29.3 Å². The topological polar surface area (TPSA) is 36.7 Å². The molecule has 1 aromatic heterocycles. The van der Waals surface area contributed by atoms with Crippen molar-refractivity contribution in [2.45, 2.75) is 12.8 Å². The Morgan fingerprint density at radius 1 is 0.889 bits per heavy atom. The third kappa shape index (κ3) is 1.70. The number of rotatable bonds is 2. The highest BCUT2D eigenvalue weighted by Crippen LogP contribution is 2.26. The van der Waals surface area contributed by atoms with Gasteiger partial charge in [0, 0.05) is 29.3 Å². The molecule has 3 rings (SSSR count). The van der Waals surface area contributed by atoms with Crippen LogP contribution in [0.25, 0.3) is 21.7 Å². The molecule has 2 aromatic carbocycles. The number of para-hydroxylation sites is 1. The van der Waals surface area contributed by atoms with Crippen LogP contribution in [0.4, 0.5) is 0 Å². The first-order chi connectivity index (χ1) is 8.90. The lowest BCUT2D eigenvalue weighted by Crippen LogP contribution is -1.93. The lowest BCUT2D eigenvalue weighted by Gasteiger charge is -2.08. The van der Waals surface area contributed by atoms with Gasteiger partial charge < -0.3 is 0 Å². The van der Waals surface area contributed by atoms with Crippen LogP contribution in [0.3, 0.4) is 0 Å². The quantitative estimate of drug-likeness (QED) is 0.629. The molecule has 0 atom stereocenters. The predicted molar refractivity (Wildman–Crippen MR) is 73.2 cm³/mol. The van der Waals surface area contributed by atoms with E-state index in [4.69, 9.17) is 5.26 Å². The number of hydrogen-bond donors (Lipinski definition) is 0. The van der Waals surface area contributed by atoms with Gasteiger partial charge in [-0.25, -0.2) is 0 Å². The molecule has 86 valence electrons. The van der Waals surface area contributed by atoms with Crippen molar-refractivity contribution in [2.75, 3.05) is 0 Å². The van der Waals surface area contributed by atoms with Crippen LogP contribution in [0.1, 0.15) is 12.1 Å². The molecule has 0 aliphatic heterocycles. The van der Waals surface area contributed by atoms with E-state index in [1.807, 2.05) is 30.3 Å². The van der Waals surface area contributed by atoms with Crippen LogP contribution >= 0.6 is 0 Å². The summed E-state index contributed by atoms with van der Waals surface area (Å²) in [6, 6.07) is 18.6. The SMILES string of the molecule is N#CCCc1nc2ccccc2c2ccccc12. The maximum Gasteiger partial charge on any atom is 0.0711 e. The zero-order chi connectivity index (χ0) is 12.4. The van der Waals surface area contributed by atoms with Gasteiger partial charge in [0.25, 0.3) is 0 Å². The lowest BCUT2D eigenvalue weighted by molar-refractivity contribution is 0.977. The zero-order valence-corrected chi connectivity index (χ0v) is 9.93. The average Bonchev–Trinajstić information content (AvgIpc) is 2.45. The van der Waals surface area contributed by atoms with Gasteiger partial charge in [-0.05, 0) is 11.5 Å². The normalized spacial score (nSPS) is 10.6. The predicted octanol–water partition coefficient (Wildman–Crippen LogP) is 3.84. The number of benzene rings is 2. The third-order valence-corrected chi connectivity index (χ3v) is 3.16. The van der Waals surface area contributed by atoms with E-state index in [-0.39, 0.29) is 0 Å². The fourth-order valence-electron chi connectivity index (χ4n) is 2.34. The highest BCUT2D eigenvalue weighted by atomic mass is 14.7. The van der Waals surface area contributed by atoms with Gasteiger partial charge in [-0.3, -0.25) is 4.98 Å². The Morgan fingerprint density at radius 2 is 1.56 bits per heavy atom. The summed E-state index contributed by atoms with van der Waals surface area (Å²) in [6.45, 7) is 0. The Hall–Kier alpha value is -2.40. The Kier molecular flexibility index (Phi) is 2.66. The Balaban J connectivity index is 2.36. The van der Waals surface area contributed by atoms with Crippen LogP contribution in [0.15, 0.2) is 48.5 Å². The molecular weight excluding hydrogens is 220 g/mol. The summed E-state index contributed by atoms with van der Waals surface area (Å²) in [5.74, 6) is 0. The lowest BCUT2D eigenvalue weighted by atomic mass is 10.0. The van der Waals surface area contributed by atoms with Crippen LogP contribution in [-0.4, -0.2) is 4.98 Å². The maximum absolute atomic E-state index is 8.74. The molecule has 3 aromatic rings. The second kappa shape index (κ2) is 4.46. The van der Waals surface area contributed by atoms with E-state index in [1.165, 1.54) is 10.8 Å². The van der Waals surface area contributed by atoms with Crippen molar-refractivity contribution in [3.05, 3.63) is 54.2 Å². The van der Waals surface area contributed by atoms with Crippen molar-refractivity contribution in [1.29, 1.82) is 5.26 Å². The number of aromatic nitrogens is 1. The van der Waals surface area contributed by atoms with Gasteiger partial charge in [0.05, 0.1) is 11.6 Å². The molecular formula is C16H12N2. The first kappa shape index (κ1) is 10.7. The molecule has 0 saturated heterocycles. The maximum atomic E-state index is 8.74. The van der Waals surface area contributed by atoms with Gasteiger partial charge in [-0.2, -0.15) is 5.26 Å². The number of aryl methyl sites for hydroxylation is 1. The fourth-order valence-corrected chi connectivity index (χ4v) is 2.34. The number of fused-ring (bicyclic) bond motifs is 3. The molecule has 0 saturated carbocycles. The Bertz CT molecular complexity index is 754. The summed E-state index contributed by atoms with van der Waals surface area (Å²) in [5.41, 5.74) is 2.02. The summed E-state index contributed by atoms with van der Waals surface area (Å²) >= 11 is 0. The number of nitrogens with zero attached hydrogens (tertiary/aromatic N) is 2. The number of pyridine rings is 1. The van der Waals surface area contributed by atoms with Crippen molar-refractivity contribution in [3.8, 4) is 6.07 Å². The number of hydrogen-bond acceptors (Lipinski definition) is 2. The van der Waals surface area contributed by atoms with Crippen molar-refractivity contribution in [1.82, 2.24) is 4.98 Å². The average molecular weight is 232 g/mol. The molecule has 2 nitrogen and oxygen atoms in total. The molecule has 0 aliphatic rings. The highest BCUT2D eigenvalue weighted by molar-refractivity contribution is 6.06. The molecule has 0 aliphatic carbocycles. The van der Waals surface area contributed by atoms with Gasteiger partial charge in [0.15, 0.2) is 0 Å². The number of nitriles is 1. The monoisotopic (exact) mass is 232 g/mol. The minimum atomic E-state index is 0.509. The molecule has 0 bridgehead atoms. The summed E-state index contributed by atoms with van der Waals surface area (Å²) in [7, 11) is 0. The van der Waals surface area contributed by atoms with E-state index >= 15 is 0 Å². The molecule has 0 amide bonds. The minimum Gasteiger partial charge on any atom is -0.252 e. The summed E-state index contributed by atoms with van der Waals surface area (Å²) in [4.78, 5) is 4.69. The standard InChI is InChI=1S/C16H12N2/c17-11-5-10-16-14-7-2-1-6-12(14)13-8-3-4-9-15(13)18-16/h1-4,6-9H,5,10H2. The van der Waals surface area contributed by atoms with Crippen LogP contribution < -0.4 is 0 Å². The molecule has 2 heteroatoms. The highest BCUT2D eigenvalue weighted by Gasteiger charge is 2.06. The molecule has 0 radical (unpaired) electrons. The zero-order valence-electron chi connectivity index (χ0n) is 9.93. The van der Waals surface area contributed by atoms with E-state index in [1.54, 1.807) is 0 Å². The third-order valence-electron chi connectivity index (χ3n) is 3.16. The van der Waals surface area contributed by atoms with Gasteiger partial charge in [0.1, 0.15) is 0 Å². The first-order valence-electron chi connectivity index (χ1n) is 6.03. The first-order valence-corrected chi connectivity index (χ1v) is 6.03. The summed E-state index contributed by atoms with van der Waals surface area (Å²) < 4.78 is 0. The minimum absolute atomic E-state index is 0.509. The van der Waals surface area contributed by atoms with Crippen molar-refractivity contribution < 1.29 is 0 Å². The Morgan fingerprint density at radius 3 is 2.33 bits per heavy atom. The van der Waals surface area contributed by atoms with Crippen LogP contribution in [0.2, 0.25) is 0 Å². The van der Waals surface area contributed by atoms with Crippen LogP contribution in [0.5, 0.6) is 0 Å².